The van der Waals surface area contributed by atoms with E-state index in [0.717, 1.165) is 6.07 Å². The minimum Gasteiger partial charge on any atom is -0.490 e. The number of nitrogens with zero attached hydrogens (tertiary/aromatic N) is 1. The molecule has 0 atom stereocenters. The van der Waals surface area contributed by atoms with Crippen LogP contribution in [0.2, 0.25) is 0 Å². The number of nitro groups is 1. The summed E-state index contributed by atoms with van der Waals surface area (Å²) in [6, 6.07) is 10.7. The maximum atomic E-state index is 12.5. The number of para-hydroxylation sites is 2. The molecule has 0 aliphatic carbocycles. The van der Waals surface area contributed by atoms with Crippen LogP contribution < -0.4 is 15.4 Å². The third-order valence-corrected chi connectivity index (χ3v) is 3.56. The van der Waals surface area contributed by atoms with Crippen LogP contribution in [0, 0.1) is 10.1 Å². The van der Waals surface area contributed by atoms with Gasteiger partial charge in [-0.1, -0.05) is 19.1 Å². The Morgan fingerprint density at radius 2 is 1.77 bits per heavy atom. The maximum Gasteiger partial charge on any atom is 0.311 e. The highest BCUT2D eigenvalue weighted by atomic mass is 16.6. The number of anilines is 2. The Balaban J connectivity index is 2.24. The van der Waals surface area contributed by atoms with Crippen molar-refractivity contribution in [1.82, 2.24) is 0 Å². The van der Waals surface area contributed by atoms with Gasteiger partial charge in [-0.3, -0.25) is 19.7 Å². The second-order valence-electron chi connectivity index (χ2n) is 5.44. The Hall–Kier alpha value is -3.42. The third kappa shape index (κ3) is 4.56. The SMILES string of the molecule is CCCC(=O)Nc1ccccc1NC(=O)c1ccc(OC)c([N+](=O)[O-])c1. The zero-order valence-electron chi connectivity index (χ0n) is 14.4. The quantitative estimate of drug-likeness (QED) is 0.581. The zero-order chi connectivity index (χ0) is 19.1. The zero-order valence-corrected chi connectivity index (χ0v) is 14.4. The van der Waals surface area contributed by atoms with Gasteiger partial charge in [0.05, 0.1) is 23.4 Å². The highest BCUT2D eigenvalue weighted by Gasteiger charge is 2.19. The van der Waals surface area contributed by atoms with Crippen molar-refractivity contribution in [3.05, 3.63) is 58.1 Å². The van der Waals surface area contributed by atoms with E-state index in [4.69, 9.17) is 4.74 Å². The van der Waals surface area contributed by atoms with Gasteiger partial charge in [0, 0.05) is 18.1 Å². The first kappa shape index (κ1) is 18.9. The Kier molecular flexibility index (Phi) is 6.26. The summed E-state index contributed by atoms with van der Waals surface area (Å²) in [4.78, 5) is 34.7. The highest BCUT2D eigenvalue weighted by molar-refractivity contribution is 6.07. The van der Waals surface area contributed by atoms with Gasteiger partial charge in [-0.2, -0.15) is 0 Å². The monoisotopic (exact) mass is 357 g/mol. The van der Waals surface area contributed by atoms with Gasteiger partial charge in [0.1, 0.15) is 0 Å². The number of methoxy groups -OCH3 is 1. The molecule has 0 fully saturated rings. The van der Waals surface area contributed by atoms with Crippen LogP contribution in [0.1, 0.15) is 30.1 Å². The molecule has 2 amide bonds. The Labute approximate surface area is 150 Å². The summed E-state index contributed by atoms with van der Waals surface area (Å²) in [5.74, 6) is -0.624. The molecule has 0 aliphatic heterocycles. The summed E-state index contributed by atoms with van der Waals surface area (Å²) in [5.41, 5.74) is 0.666. The largest absolute Gasteiger partial charge is 0.490 e. The van der Waals surface area contributed by atoms with E-state index in [0.29, 0.717) is 24.2 Å². The molecule has 2 aromatic carbocycles. The number of ether oxygens (including phenoxy) is 1. The van der Waals surface area contributed by atoms with Crippen molar-refractivity contribution >= 4 is 28.9 Å². The van der Waals surface area contributed by atoms with Crippen LogP contribution in [-0.2, 0) is 4.79 Å². The van der Waals surface area contributed by atoms with E-state index in [9.17, 15) is 19.7 Å². The van der Waals surface area contributed by atoms with Crippen molar-refractivity contribution in [1.29, 1.82) is 0 Å². The number of nitrogens with one attached hydrogen (secondary N) is 2. The van der Waals surface area contributed by atoms with Gasteiger partial charge in [-0.05, 0) is 30.7 Å². The molecule has 0 spiro atoms. The number of hydrogen-bond donors (Lipinski definition) is 2. The van der Waals surface area contributed by atoms with Crippen LogP contribution in [0.15, 0.2) is 42.5 Å². The number of nitro benzene ring substituents is 1. The van der Waals surface area contributed by atoms with Gasteiger partial charge in [-0.15, -0.1) is 0 Å². The van der Waals surface area contributed by atoms with Gasteiger partial charge in [-0.25, -0.2) is 0 Å². The van der Waals surface area contributed by atoms with Crippen LogP contribution in [0.4, 0.5) is 17.1 Å². The Bertz CT molecular complexity index is 835. The second-order valence-corrected chi connectivity index (χ2v) is 5.44. The lowest BCUT2D eigenvalue weighted by Gasteiger charge is -2.12. The average molecular weight is 357 g/mol. The van der Waals surface area contributed by atoms with Crippen LogP contribution in [0.3, 0.4) is 0 Å². The molecule has 0 saturated heterocycles. The molecule has 0 bridgehead atoms. The van der Waals surface area contributed by atoms with E-state index < -0.39 is 10.8 Å². The number of hydrogen-bond acceptors (Lipinski definition) is 5. The van der Waals surface area contributed by atoms with E-state index in [2.05, 4.69) is 10.6 Å². The maximum absolute atomic E-state index is 12.5. The van der Waals surface area contributed by atoms with Crippen LogP contribution in [-0.4, -0.2) is 23.8 Å². The molecule has 0 aromatic heterocycles. The Morgan fingerprint density at radius 1 is 1.12 bits per heavy atom. The summed E-state index contributed by atoms with van der Waals surface area (Å²) in [5, 5.41) is 16.5. The van der Waals surface area contributed by atoms with Gasteiger partial charge in [0.25, 0.3) is 5.91 Å². The first-order valence-electron chi connectivity index (χ1n) is 7.99. The van der Waals surface area contributed by atoms with Crippen molar-refractivity contribution in [2.75, 3.05) is 17.7 Å². The van der Waals surface area contributed by atoms with Gasteiger partial charge >= 0.3 is 5.69 Å². The normalized spacial score (nSPS) is 10.1. The molecule has 0 heterocycles. The highest BCUT2D eigenvalue weighted by Crippen LogP contribution is 2.28. The summed E-state index contributed by atoms with van der Waals surface area (Å²) < 4.78 is 4.92. The number of carbonyl (C=O) groups is 2. The fourth-order valence-corrected chi connectivity index (χ4v) is 2.31. The van der Waals surface area contributed by atoms with E-state index in [1.807, 2.05) is 6.92 Å². The first-order valence-corrected chi connectivity index (χ1v) is 7.99. The Morgan fingerprint density at radius 3 is 2.35 bits per heavy atom. The van der Waals surface area contributed by atoms with Crippen molar-refractivity contribution in [3.63, 3.8) is 0 Å². The van der Waals surface area contributed by atoms with E-state index >= 15 is 0 Å². The third-order valence-electron chi connectivity index (χ3n) is 3.56. The average Bonchev–Trinajstić information content (AvgIpc) is 2.62. The van der Waals surface area contributed by atoms with E-state index in [1.54, 1.807) is 24.3 Å². The molecule has 2 aromatic rings. The number of carbonyl (C=O) groups excluding carboxylic acids is 2. The molecule has 0 aliphatic rings. The lowest BCUT2D eigenvalue weighted by Crippen LogP contribution is -2.16. The molecule has 8 nitrogen and oxygen atoms in total. The van der Waals surface area contributed by atoms with E-state index in [-0.39, 0.29) is 22.9 Å². The number of amides is 2. The molecule has 26 heavy (non-hydrogen) atoms. The van der Waals surface area contributed by atoms with E-state index in [1.165, 1.54) is 19.2 Å². The molecular weight excluding hydrogens is 338 g/mol. The second kappa shape index (κ2) is 8.61. The topological polar surface area (TPSA) is 111 Å². The summed E-state index contributed by atoms with van der Waals surface area (Å²) in [7, 11) is 1.32. The van der Waals surface area contributed by atoms with Crippen molar-refractivity contribution in [2.45, 2.75) is 19.8 Å². The molecular formula is C18H19N3O5. The van der Waals surface area contributed by atoms with Crippen molar-refractivity contribution in [3.8, 4) is 5.75 Å². The standard InChI is InChI=1S/C18H19N3O5/c1-3-6-17(22)19-13-7-4-5-8-14(13)20-18(23)12-9-10-16(26-2)15(11-12)21(24)25/h4-5,7-11H,3,6H2,1-2H3,(H,19,22)(H,20,23). The predicted molar refractivity (Wildman–Crippen MR) is 97.6 cm³/mol. The smallest absolute Gasteiger partial charge is 0.311 e. The lowest BCUT2D eigenvalue weighted by molar-refractivity contribution is -0.385. The summed E-state index contributed by atoms with van der Waals surface area (Å²) in [6.07, 6.45) is 1.07. The fraction of sp³-hybridized carbons (Fsp3) is 0.222. The fourth-order valence-electron chi connectivity index (χ4n) is 2.31. The molecule has 136 valence electrons. The summed E-state index contributed by atoms with van der Waals surface area (Å²) in [6.45, 7) is 1.89. The lowest BCUT2D eigenvalue weighted by atomic mass is 10.1. The van der Waals surface area contributed by atoms with Gasteiger partial charge in [0.2, 0.25) is 5.91 Å². The first-order chi connectivity index (χ1) is 12.5. The molecule has 8 heteroatoms. The molecule has 0 saturated carbocycles. The minimum atomic E-state index is -0.617. The molecule has 2 N–H and O–H groups in total. The van der Waals surface area contributed by atoms with Crippen molar-refractivity contribution in [2.24, 2.45) is 0 Å². The van der Waals surface area contributed by atoms with Crippen LogP contribution >= 0.6 is 0 Å². The predicted octanol–water partition coefficient (Wildman–Crippen LogP) is 3.59. The molecule has 0 radical (unpaired) electrons. The molecule has 0 unspecified atom stereocenters. The van der Waals surface area contributed by atoms with Gasteiger partial charge in [0.15, 0.2) is 5.75 Å². The van der Waals surface area contributed by atoms with Crippen LogP contribution in [0.5, 0.6) is 5.75 Å². The summed E-state index contributed by atoms with van der Waals surface area (Å²) >= 11 is 0. The molecule has 2 rings (SSSR count). The number of benzene rings is 2. The minimum absolute atomic E-state index is 0.0683. The van der Waals surface area contributed by atoms with Gasteiger partial charge < -0.3 is 15.4 Å². The van der Waals surface area contributed by atoms with Crippen molar-refractivity contribution < 1.29 is 19.2 Å². The van der Waals surface area contributed by atoms with Crippen LogP contribution in [0.25, 0.3) is 0 Å². The number of rotatable bonds is 7.